The third-order valence-electron chi connectivity index (χ3n) is 8.64. The minimum Gasteiger partial charge on any atom is -0.481 e. The molecule has 1 amide bonds. The van der Waals surface area contributed by atoms with Crippen LogP contribution in [0.3, 0.4) is 0 Å². The average molecular weight is 622 g/mol. The van der Waals surface area contributed by atoms with Crippen LogP contribution in [0, 0.1) is 11.8 Å². The highest BCUT2D eigenvalue weighted by atomic mass is 19.4. The number of carbonyl (C=O) groups excluding carboxylic acids is 1. The van der Waals surface area contributed by atoms with Crippen LogP contribution in [0.4, 0.5) is 44.3 Å². The second kappa shape index (κ2) is 11.9. The molecule has 1 aliphatic carbocycles. The van der Waals surface area contributed by atoms with Crippen molar-refractivity contribution in [3.63, 3.8) is 0 Å². The van der Waals surface area contributed by atoms with Gasteiger partial charge in [-0.25, -0.2) is 4.79 Å². The molecule has 4 aliphatic rings. The van der Waals surface area contributed by atoms with Gasteiger partial charge in [0.15, 0.2) is 0 Å². The van der Waals surface area contributed by atoms with Gasteiger partial charge in [0, 0.05) is 43.8 Å². The van der Waals surface area contributed by atoms with Crippen LogP contribution in [0.5, 0.6) is 0 Å². The summed E-state index contributed by atoms with van der Waals surface area (Å²) >= 11 is 0. The summed E-state index contributed by atoms with van der Waals surface area (Å²) in [5.41, 5.74) is -0.797. The number of carbonyl (C=O) groups is 2. The summed E-state index contributed by atoms with van der Waals surface area (Å²) in [6, 6.07) is 0. The van der Waals surface area contributed by atoms with Gasteiger partial charge in [-0.05, 0) is 69.2 Å². The third-order valence-corrected chi connectivity index (χ3v) is 8.64. The van der Waals surface area contributed by atoms with Gasteiger partial charge in [-0.3, -0.25) is 14.6 Å². The molecule has 0 bridgehead atoms. The maximum Gasteiger partial charge on any atom is 0.434 e. The van der Waals surface area contributed by atoms with Crippen molar-refractivity contribution in [2.45, 2.75) is 68.7 Å². The number of amides is 1. The lowest BCUT2D eigenvalue weighted by atomic mass is 9.83. The van der Waals surface area contributed by atoms with E-state index in [0.717, 1.165) is 11.0 Å². The molecule has 2 unspecified atom stereocenters. The normalized spacial score (nSPS) is 26.1. The van der Waals surface area contributed by atoms with Gasteiger partial charge in [0.25, 0.3) is 6.10 Å². The van der Waals surface area contributed by atoms with Crippen molar-refractivity contribution in [1.82, 2.24) is 14.7 Å². The first-order valence-corrected chi connectivity index (χ1v) is 13.6. The second-order valence-corrected chi connectivity index (χ2v) is 11.5. The predicted octanol–water partition coefficient (Wildman–Crippen LogP) is 5.39. The number of halogens is 9. The quantitative estimate of drug-likeness (QED) is 0.402. The van der Waals surface area contributed by atoms with Crippen LogP contribution in [0.2, 0.25) is 0 Å². The van der Waals surface area contributed by atoms with Crippen LogP contribution in [-0.4, -0.2) is 108 Å². The molecular formula is C26H32F9N3O4. The van der Waals surface area contributed by atoms with Crippen molar-refractivity contribution in [2.75, 3.05) is 45.8 Å². The summed E-state index contributed by atoms with van der Waals surface area (Å²) < 4.78 is 122. The Morgan fingerprint density at radius 3 is 2.17 bits per heavy atom. The number of carboxylic acid groups (broad SMARTS) is 1. The van der Waals surface area contributed by atoms with Gasteiger partial charge in [-0.1, -0.05) is 6.08 Å². The summed E-state index contributed by atoms with van der Waals surface area (Å²) in [5.74, 6) is -2.04. The Labute approximate surface area is 235 Å². The predicted molar refractivity (Wildman–Crippen MR) is 129 cm³/mol. The summed E-state index contributed by atoms with van der Waals surface area (Å²) in [6.45, 7) is 1.37. The first-order chi connectivity index (χ1) is 19.4. The summed E-state index contributed by atoms with van der Waals surface area (Å²) in [5, 5.41) is 9.23. The van der Waals surface area contributed by atoms with E-state index in [4.69, 9.17) is 0 Å². The van der Waals surface area contributed by atoms with E-state index in [1.807, 2.05) is 9.80 Å². The molecule has 3 aliphatic heterocycles. The molecule has 0 aromatic rings. The lowest BCUT2D eigenvalue weighted by Crippen LogP contribution is -2.55. The Balaban J connectivity index is 1.40. The van der Waals surface area contributed by atoms with Crippen LogP contribution in [0.25, 0.3) is 0 Å². The lowest BCUT2D eigenvalue weighted by molar-refractivity contribution is -0.308. The van der Waals surface area contributed by atoms with Crippen molar-refractivity contribution in [1.29, 1.82) is 0 Å². The number of piperidine rings is 1. The Morgan fingerprint density at radius 1 is 0.976 bits per heavy atom. The molecule has 16 heteroatoms. The zero-order valence-electron chi connectivity index (χ0n) is 22.5. The Morgan fingerprint density at radius 2 is 1.62 bits per heavy atom. The highest BCUT2D eigenvalue weighted by Gasteiger charge is 2.60. The van der Waals surface area contributed by atoms with Crippen molar-refractivity contribution >= 4 is 12.1 Å². The highest BCUT2D eigenvalue weighted by Crippen LogP contribution is 2.42. The number of alkyl halides is 9. The van der Waals surface area contributed by atoms with Gasteiger partial charge in [0.2, 0.25) is 0 Å². The molecule has 0 aromatic carbocycles. The molecule has 1 spiro atoms. The number of allylic oxidation sites excluding steroid dienone is 1. The largest absolute Gasteiger partial charge is 0.481 e. The van der Waals surface area contributed by atoms with Gasteiger partial charge in [-0.15, -0.1) is 0 Å². The molecule has 238 valence electrons. The van der Waals surface area contributed by atoms with Gasteiger partial charge in [0.05, 0.1) is 5.92 Å². The number of hydrogen-bond donors (Lipinski definition) is 1. The fourth-order valence-corrected chi connectivity index (χ4v) is 6.55. The van der Waals surface area contributed by atoms with Crippen LogP contribution in [0.15, 0.2) is 23.3 Å². The van der Waals surface area contributed by atoms with E-state index in [2.05, 4.69) is 4.74 Å². The molecule has 3 heterocycles. The van der Waals surface area contributed by atoms with Crippen LogP contribution in [-0.2, 0) is 9.53 Å². The fourth-order valence-electron chi connectivity index (χ4n) is 6.55. The minimum absolute atomic E-state index is 0.156. The van der Waals surface area contributed by atoms with Crippen LogP contribution < -0.4 is 0 Å². The fraction of sp³-hybridized carbons (Fsp3) is 0.769. The summed E-state index contributed by atoms with van der Waals surface area (Å²) in [7, 11) is 0. The van der Waals surface area contributed by atoms with Crippen molar-refractivity contribution < 1.29 is 58.9 Å². The number of hydrogen-bond acceptors (Lipinski definition) is 5. The van der Waals surface area contributed by atoms with E-state index in [1.165, 1.54) is 0 Å². The van der Waals surface area contributed by atoms with E-state index >= 15 is 0 Å². The Bertz CT molecular complexity index is 1060. The standard InChI is InChI=1S/C26H32F9N3O4/c27-24(28,29)19-11-16(13-36-7-2-18(15-36)20(39)40)10-17(12-19)14-38-6-1-3-23(38)4-8-37(9-5-23)22(41)42-21(25(30,31)32)26(33,34)35/h10-11,17-18,21H,1-9,12-15H2,(H,39,40). The van der Waals surface area contributed by atoms with E-state index < -0.39 is 59.6 Å². The molecule has 42 heavy (non-hydrogen) atoms. The maximum atomic E-state index is 13.8. The molecular weight excluding hydrogens is 589 g/mol. The van der Waals surface area contributed by atoms with Crippen LogP contribution >= 0.6 is 0 Å². The monoisotopic (exact) mass is 621 g/mol. The van der Waals surface area contributed by atoms with Gasteiger partial charge in [-0.2, -0.15) is 39.5 Å². The van der Waals surface area contributed by atoms with E-state index in [1.54, 1.807) is 6.08 Å². The molecule has 0 aromatic heterocycles. The Kier molecular flexibility index (Phi) is 9.18. The highest BCUT2D eigenvalue weighted by molar-refractivity contribution is 5.70. The van der Waals surface area contributed by atoms with Gasteiger partial charge in [0.1, 0.15) is 0 Å². The molecule has 4 rings (SSSR count). The van der Waals surface area contributed by atoms with Crippen molar-refractivity contribution in [2.24, 2.45) is 11.8 Å². The molecule has 1 N–H and O–H groups in total. The molecule has 0 radical (unpaired) electrons. The van der Waals surface area contributed by atoms with E-state index in [0.29, 0.717) is 37.9 Å². The number of rotatable bonds is 6. The minimum atomic E-state index is -5.82. The topological polar surface area (TPSA) is 73.3 Å². The number of ether oxygens (including phenoxy) is 1. The van der Waals surface area contributed by atoms with E-state index in [-0.39, 0.29) is 52.0 Å². The molecule has 3 saturated heterocycles. The van der Waals surface area contributed by atoms with Gasteiger partial charge >= 0.3 is 30.6 Å². The SMILES string of the molecule is O=C(O)C1CCN(CC2=CC(CN3CCCC34CCN(C(=O)OC(C(F)(F)F)C(F)(F)F)CC4)CC(C(F)(F)F)=C2)C1. The zero-order chi connectivity index (χ0) is 31.1. The zero-order valence-corrected chi connectivity index (χ0v) is 22.5. The van der Waals surface area contributed by atoms with Gasteiger partial charge < -0.3 is 14.7 Å². The lowest BCUT2D eigenvalue weighted by Gasteiger charge is -2.46. The number of aliphatic carboxylic acids is 1. The maximum absolute atomic E-state index is 13.8. The molecule has 2 atom stereocenters. The smallest absolute Gasteiger partial charge is 0.434 e. The van der Waals surface area contributed by atoms with Crippen LogP contribution in [0.1, 0.15) is 38.5 Å². The number of nitrogens with zero attached hydrogens (tertiary/aromatic N) is 3. The second-order valence-electron chi connectivity index (χ2n) is 11.5. The third kappa shape index (κ3) is 7.53. The first kappa shape index (κ1) is 32.4. The van der Waals surface area contributed by atoms with E-state index in [9.17, 15) is 54.2 Å². The van der Waals surface area contributed by atoms with Crippen molar-refractivity contribution in [3.8, 4) is 0 Å². The molecule has 7 nitrogen and oxygen atoms in total. The number of likely N-dealkylation sites (tertiary alicyclic amines) is 3. The number of carboxylic acids is 1. The first-order valence-electron chi connectivity index (χ1n) is 13.6. The molecule has 3 fully saturated rings. The Hall–Kier alpha value is -2.49. The summed E-state index contributed by atoms with van der Waals surface area (Å²) in [6.07, 6.45) is -17.3. The molecule has 0 saturated carbocycles. The average Bonchev–Trinajstić information content (AvgIpc) is 3.48. The summed E-state index contributed by atoms with van der Waals surface area (Å²) in [4.78, 5) is 28.1. The van der Waals surface area contributed by atoms with Crippen molar-refractivity contribution in [3.05, 3.63) is 23.3 Å².